The van der Waals surface area contributed by atoms with Crippen molar-refractivity contribution in [2.24, 2.45) is 5.92 Å². The molecule has 0 aliphatic heterocycles. The van der Waals surface area contributed by atoms with Gasteiger partial charge in [0.2, 0.25) is 0 Å². The number of carbonyl (C=O) groups is 1. The number of carbonyl (C=O) groups excluding carboxylic acids is 1. The first-order valence-electron chi connectivity index (χ1n) is 8.86. The lowest BCUT2D eigenvalue weighted by Gasteiger charge is -2.31. The van der Waals surface area contributed by atoms with E-state index in [2.05, 4.69) is 0 Å². The average molecular weight is 372 g/mol. The Labute approximate surface area is 148 Å². The zero-order chi connectivity index (χ0) is 18.3. The van der Waals surface area contributed by atoms with Crippen molar-refractivity contribution in [1.82, 2.24) is 0 Å². The summed E-state index contributed by atoms with van der Waals surface area (Å²) in [5, 5.41) is 0. The number of benzene rings is 1. The Morgan fingerprint density at radius 2 is 1.68 bits per heavy atom. The number of ketones is 1. The highest BCUT2D eigenvalue weighted by atomic mass is 31.2. The Balaban J connectivity index is 2.26. The Morgan fingerprint density at radius 3 is 2.20 bits per heavy atom. The summed E-state index contributed by atoms with van der Waals surface area (Å²) in [7, 11) is -3.82. The topological polar surface area (TPSA) is 61.8 Å². The van der Waals surface area contributed by atoms with Crippen LogP contribution in [0.2, 0.25) is 0 Å². The van der Waals surface area contributed by atoms with E-state index in [0.717, 1.165) is 32.1 Å². The SMILES string of the molecule is CCOP(=O)(OCC)OC(C(=O)c1ccc(F)cc1)C1CCCCC1. The van der Waals surface area contributed by atoms with Gasteiger partial charge in [0.05, 0.1) is 13.2 Å². The van der Waals surface area contributed by atoms with Crippen molar-refractivity contribution < 1.29 is 27.3 Å². The monoisotopic (exact) mass is 372 g/mol. The molecule has 0 bridgehead atoms. The van der Waals surface area contributed by atoms with Crippen LogP contribution in [-0.4, -0.2) is 25.1 Å². The van der Waals surface area contributed by atoms with Crippen LogP contribution in [0.5, 0.6) is 0 Å². The molecule has 1 aliphatic rings. The maximum Gasteiger partial charge on any atom is 0.475 e. The number of phosphoric ester groups is 1. The van der Waals surface area contributed by atoms with Gasteiger partial charge in [-0.1, -0.05) is 19.3 Å². The molecule has 2 rings (SSSR count). The first kappa shape index (κ1) is 20.2. The van der Waals surface area contributed by atoms with Crippen LogP contribution in [0.25, 0.3) is 0 Å². The van der Waals surface area contributed by atoms with Gasteiger partial charge in [-0.15, -0.1) is 0 Å². The highest BCUT2D eigenvalue weighted by molar-refractivity contribution is 7.48. The molecule has 25 heavy (non-hydrogen) atoms. The van der Waals surface area contributed by atoms with Gasteiger partial charge in [-0.25, -0.2) is 8.96 Å². The lowest BCUT2D eigenvalue weighted by molar-refractivity contribution is 0.0362. The molecule has 0 N–H and O–H groups in total. The molecule has 1 saturated carbocycles. The lowest BCUT2D eigenvalue weighted by atomic mass is 9.82. The van der Waals surface area contributed by atoms with Crippen LogP contribution in [0, 0.1) is 11.7 Å². The fraction of sp³-hybridized carbons (Fsp3) is 0.611. The summed E-state index contributed by atoms with van der Waals surface area (Å²) in [6.45, 7) is 3.68. The predicted molar refractivity (Wildman–Crippen MR) is 93.0 cm³/mol. The van der Waals surface area contributed by atoms with Crippen LogP contribution in [-0.2, 0) is 18.1 Å². The zero-order valence-corrected chi connectivity index (χ0v) is 15.7. The molecule has 0 heterocycles. The van der Waals surface area contributed by atoms with Crippen LogP contribution in [0.4, 0.5) is 4.39 Å². The predicted octanol–water partition coefficient (Wildman–Crippen LogP) is 5.16. The van der Waals surface area contributed by atoms with Gasteiger partial charge < -0.3 is 0 Å². The molecule has 0 aromatic heterocycles. The highest BCUT2D eigenvalue weighted by Gasteiger charge is 2.39. The second-order valence-corrected chi connectivity index (χ2v) is 7.70. The summed E-state index contributed by atoms with van der Waals surface area (Å²) < 4.78 is 42.0. The van der Waals surface area contributed by atoms with Gasteiger partial charge >= 0.3 is 7.82 Å². The Hall–Kier alpha value is -1.07. The number of hydrogen-bond donors (Lipinski definition) is 0. The van der Waals surface area contributed by atoms with Crippen molar-refractivity contribution in [2.75, 3.05) is 13.2 Å². The van der Waals surface area contributed by atoms with Gasteiger partial charge in [0, 0.05) is 5.56 Å². The lowest BCUT2D eigenvalue weighted by Crippen LogP contribution is -2.34. The fourth-order valence-corrected chi connectivity index (χ4v) is 4.49. The molecule has 140 valence electrons. The molecule has 0 spiro atoms. The third-order valence-corrected chi connectivity index (χ3v) is 5.92. The molecule has 7 heteroatoms. The summed E-state index contributed by atoms with van der Waals surface area (Å²) in [6.07, 6.45) is 3.81. The molecular weight excluding hydrogens is 346 g/mol. The van der Waals surface area contributed by atoms with Crippen LogP contribution in [0.3, 0.4) is 0 Å². The first-order valence-corrected chi connectivity index (χ1v) is 10.3. The van der Waals surface area contributed by atoms with Crippen molar-refractivity contribution in [3.8, 4) is 0 Å². The number of rotatable bonds is 9. The summed E-state index contributed by atoms with van der Waals surface area (Å²) in [5.41, 5.74) is 0.330. The molecule has 1 fully saturated rings. The van der Waals surface area contributed by atoms with Gasteiger partial charge in [0.25, 0.3) is 0 Å². The number of Topliss-reactive ketones (excluding diaryl/α,β-unsaturated/α-hetero) is 1. The molecule has 1 aromatic carbocycles. The van der Waals surface area contributed by atoms with E-state index < -0.39 is 19.7 Å². The smallest absolute Gasteiger partial charge is 0.291 e. The zero-order valence-electron chi connectivity index (χ0n) is 14.8. The summed E-state index contributed by atoms with van der Waals surface area (Å²) in [6, 6.07) is 5.30. The van der Waals surface area contributed by atoms with Crippen LogP contribution < -0.4 is 0 Å². The molecule has 1 atom stereocenters. The summed E-state index contributed by atoms with van der Waals surface area (Å²) >= 11 is 0. The van der Waals surface area contributed by atoms with E-state index in [1.165, 1.54) is 24.3 Å². The van der Waals surface area contributed by atoms with Crippen molar-refractivity contribution in [1.29, 1.82) is 0 Å². The quantitative estimate of drug-likeness (QED) is 0.443. The van der Waals surface area contributed by atoms with Crippen LogP contribution >= 0.6 is 7.82 Å². The first-order chi connectivity index (χ1) is 12.0. The van der Waals surface area contributed by atoms with Gasteiger partial charge in [-0.3, -0.25) is 18.4 Å². The van der Waals surface area contributed by atoms with Crippen molar-refractivity contribution in [3.05, 3.63) is 35.6 Å². The van der Waals surface area contributed by atoms with E-state index in [-0.39, 0.29) is 24.9 Å². The maximum absolute atomic E-state index is 13.2. The maximum atomic E-state index is 13.2. The number of phosphoric acid groups is 1. The van der Waals surface area contributed by atoms with Crippen LogP contribution in [0.15, 0.2) is 24.3 Å². The third kappa shape index (κ3) is 5.71. The standard InChI is InChI=1S/C18H26FO5P/c1-3-22-25(21,23-4-2)24-18(15-8-6-5-7-9-15)17(20)14-10-12-16(19)13-11-14/h10-13,15,18H,3-9H2,1-2H3. The second kappa shape index (κ2) is 9.58. The van der Waals surface area contributed by atoms with Gasteiger partial charge in [-0.2, -0.15) is 0 Å². The third-order valence-electron chi connectivity index (χ3n) is 4.28. The van der Waals surface area contributed by atoms with Crippen molar-refractivity contribution >= 4 is 13.6 Å². The van der Waals surface area contributed by atoms with E-state index in [1.54, 1.807) is 13.8 Å². The van der Waals surface area contributed by atoms with Crippen LogP contribution in [0.1, 0.15) is 56.3 Å². The second-order valence-electron chi connectivity index (χ2n) is 6.08. The van der Waals surface area contributed by atoms with E-state index in [1.807, 2.05) is 0 Å². The number of hydrogen-bond acceptors (Lipinski definition) is 5. The highest BCUT2D eigenvalue weighted by Crippen LogP contribution is 2.52. The normalized spacial score (nSPS) is 17.4. The van der Waals surface area contributed by atoms with Gasteiger partial charge in [-0.05, 0) is 56.9 Å². The minimum Gasteiger partial charge on any atom is -0.291 e. The average Bonchev–Trinajstić information content (AvgIpc) is 2.61. The molecule has 1 aromatic rings. The number of halogens is 1. The minimum atomic E-state index is -3.82. The molecule has 1 unspecified atom stereocenters. The van der Waals surface area contributed by atoms with E-state index in [9.17, 15) is 13.8 Å². The van der Waals surface area contributed by atoms with Gasteiger partial charge in [0.15, 0.2) is 5.78 Å². The molecule has 0 amide bonds. The van der Waals surface area contributed by atoms with E-state index >= 15 is 0 Å². The Morgan fingerprint density at radius 1 is 1.12 bits per heavy atom. The Bertz CT molecular complexity index is 588. The summed E-state index contributed by atoms with van der Waals surface area (Å²) in [5.74, 6) is -0.784. The largest absolute Gasteiger partial charge is 0.475 e. The minimum absolute atomic E-state index is 0.0551. The molecule has 5 nitrogen and oxygen atoms in total. The summed E-state index contributed by atoms with van der Waals surface area (Å²) in [4.78, 5) is 13.0. The Kier molecular flexibility index (Phi) is 7.76. The van der Waals surface area contributed by atoms with Crippen molar-refractivity contribution in [3.63, 3.8) is 0 Å². The van der Waals surface area contributed by atoms with E-state index in [0.29, 0.717) is 5.56 Å². The molecule has 1 aliphatic carbocycles. The molecule has 0 saturated heterocycles. The molecular formula is C18H26FO5P. The van der Waals surface area contributed by atoms with Crippen molar-refractivity contribution in [2.45, 2.75) is 52.1 Å². The van der Waals surface area contributed by atoms with Gasteiger partial charge in [0.1, 0.15) is 11.9 Å². The molecule has 0 radical (unpaired) electrons. The fourth-order valence-electron chi connectivity index (χ4n) is 3.12. The van der Waals surface area contributed by atoms with E-state index in [4.69, 9.17) is 13.6 Å².